The molecule has 0 radical (unpaired) electrons. The number of aryl methyl sites for hydroxylation is 2. The second kappa shape index (κ2) is 6.72. The highest BCUT2D eigenvalue weighted by Crippen LogP contribution is 2.19. The van der Waals surface area contributed by atoms with E-state index in [1.165, 1.54) is 23.3 Å². The molecule has 1 atom stereocenters. The van der Waals surface area contributed by atoms with Gasteiger partial charge < -0.3 is 10.5 Å². The fourth-order valence-electron chi connectivity index (χ4n) is 2.51. The second-order valence-corrected chi connectivity index (χ2v) is 5.76. The van der Waals surface area contributed by atoms with Gasteiger partial charge in [-0.25, -0.2) is 4.39 Å². The lowest BCUT2D eigenvalue weighted by molar-refractivity contribution is 0.304. The predicted molar refractivity (Wildman–Crippen MR) is 84.0 cm³/mol. The van der Waals surface area contributed by atoms with Crippen molar-refractivity contribution < 1.29 is 9.13 Å². The Labute approximate surface area is 125 Å². The molecule has 0 aliphatic heterocycles. The quantitative estimate of drug-likeness (QED) is 0.905. The molecular formula is C18H22FNO. The number of ether oxygens (including phenoxy) is 1. The van der Waals surface area contributed by atoms with Crippen molar-refractivity contribution >= 4 is 0 Å². The van der Waals surface area contributed by atoms with Gasteiger partial charge in [-0.1, -0.05) is 29.3 Å². The molecule has 2 aromatic carbocycles. The van der Waals surface area contributed by atoms with Crippen LogP contribution in [0.1, 0.15) is 29.2 Å². The van der Waals surface area contributed by atoms with Gasteiger partial charge in [-0.15, -0.1) is 0 Å². The van der Waals surface area contributed by atoms with E-state index in [0.717, 1.165) is 11.1 Å². The molecule has 2 rings (SSSR count). The van der Waals surface area contributed by atoms with Crippen LogP contribution in [-0.4, -0.2) is 6.04 Å². The molecular weight excluding hydrogens is 265 g/mol. The minimum Gasteiger partial charge on any atom is -0.489 e. The third kappa shape index (κ3) is 4.87. The predicted octanol–water partition coefficient (Wildman–Crippen LogP) is 3.91. The first-order valence-electron chi connectivity index (χ1n) is 7.17. The highest BCUT2D eigenvalue weighted by Gasteiger charge is 2.05. The van der Waals surface area contributed by atoms with Crippen LogP contribution >= 0.6 is 0 Å². The molecule has 0 amide bonds. The van der Waals surface area contributed by atoms with Crippen molar-refractivity contribution in [1.82, 2.24) is 0 Å². The van der Waals surface area contributed by atoms with Crippen molar-refractivity contribution in [2.75, 3.05) is 0 Å². The summed E-state index contributed by atoms with van der Waals surface area (Å²) in [5.74, 6) is 0.258. The molecule has 2 N–H and O–H groups in total. The van der Waals surface area contributed by atoms with Crippen LogP contribution in [0.25, 0.3) is 0 Å². The largest absolute Gasteiger partial charge is 0.489 e. The Kier molecular flexibility index (Phi) is 4.97. The van der Waals surface area contributed by atoms with Crippen molar-refractivity contribution in [3.05, 3.63) is 64.5 Å². The maximum atomic E-state index is 13.6. The Hall–Kier alpha value is -1.87. The highest BCUT2D eigenvalue weighted by atomic mass is 19.1. The highest BCUT2D eigenvalue weighted by molar-refractivity contribution is 5.32. The average molecular weight is 287 g/mol. The van der Waals surface area contributed by atoms with Crippen LogP contribution in [0.15, 0.2) is 36.4 Å². The van der Waals surface area contributed by atoms with Gasteiger partial charge in [0.15, 0.2) is 0 Å². The molecule has 0 fully saturated rings. The van der Waals surface area contributed by atoms with Gasteiger partial charge in [-0.2, -0.15) is 0 Å². The van der Waals surface area contributed by atoms with Crippen LogP contribution in [0.2, 0.25) is 0 Å². The molecule has 2 nitrogen and oxygen atoms in total. The first-order valence-corrected chi connectivity index (χ1v) is 7.17. The van der Waals surface area contributed by atoms with Gasteiger partial charge in [-0.05, 0) is 50.5 Å². The zero-order valence-electron chi connectivity index (χ0n) is 12.8. The van der Waals surface area contributed by atoms with Gasteiger partial charge in [-0.3, -0.25) is 0 Å². The third-order valence-electron chi connectivity index (χ3n) is 3.18. The van der Waals surface area contributed by atoms with Gasteiger partial charge in [0.25, 0.3) is 0 Å². The summed E-state index contributed by atoms with van der Waals surface area (Å²) in [5.41, 5.74) is 10.1. The molecule has 0 bridgehead atoms. The molecule has 0 aliphatic rings. The lowest BCUT2D eigenvalue weighted by atomic mass is 10.1. The fraction of sp³-hybridized carbons (Fsp3) is 0.333. The third-order valence-corrected chi connectivity index (χ3v) is 3.18. The summed E-state index contributed by atoms with van der Waals surface area (Å²) in [5, 5.41) is 0. The van der Waals surface area contributed by atoms with E-state index in [4.69, 9.17) is 10.5 Å². The van der Waals surface area contributed by atoms with Crippen LogP contribution in [0, 0.1) is 19.7 Å². The summed E-state index contributed by atoms with van der Waals surface area (Å²) >= 11 is 0. The number of hydrogen-bond acceptors (Lipinski definition) is 2. The van der Waals surface area contributed by atoms with E-state index in [0.29, 0.717) is 18.8 Å². The Morgan fingerprint density at radius 1 is 1.00 bits per heavy atom. The molecule has 0 spiro atoms. The second-order valence-electron chi connectivity index (χ2n) is 5.76. The summed E-state index contributed by atoms with van der Waals surface area (Å²) in [7, 11) is 0. The van der Waals surface area contributed by atoms with Crippen molar-refractivity contribution in [2.24, 2.45) is 5.73 Å². The zero-order chi connectivity index (χ0) is 15.4. The number of benzene rings is 2. The summed E-state index contributed by atoms with van der Waals surface area (Å²) in [6.07, 6.45) is 0.637. The lowest BCUT2D eigenvalue weighted by Crippen LogP contribution is -2.17. The number of hydrogen-bond donors (Lipinski definition) is 1. The van der Waals surface area contributed by atoms with Crippen LogP contribution in [-0.2, 0) is 13.0 Å². The smallest absolute Gasteiger partial charge is 0.127 e. The molecule has 0 saturated carbocycles. The molecule has 2 aromatic rings. The first kappa shape index (κ1) is 15.5. The first-order chi connectivity index (χ1) is 9.92. The van der Waals surface area contributed by atoms with E-state index < -0.39 is 0 Å². The van der Waals surface area contributed by atoms with Crippen LogP contribution in [0.3, 0.4) is 0 Å². The SMILES string of the molecule is Cc1cc(C)cc(COc2cc(F)cc(CC(C)N)c2)c1. The monoisotopic (exact) mass is 287 g/mol. The van der Waals surface area contributed by atoms with Crippen molar-refractivity contribution in [3.8, 4) is 5.75 Å². The summed E-state index contributed by atoms with van der Waals surface area (Å²) in [6.45, 7) is 6.45. The standard InChI is InChI=1S/C18H22FNO/c1-12-4-13(2)6-16(5-12)11-21-18-9-15(7-14(3)20)8-17(19)10-18/h4-6,8-10,14H,7,11,20H2,1-3H3. The van der Waals surface area contributed by atoms with Gasteiger partial charge >= 0.3 is 0 Å². The normalized spacial score (nSPS) is 12.2. The van der Waals surface area contributed by atoms with Crippen molar-refractivity contribution in [2.45, 2.75) is 39.8 Å². The van der Waals surface area contributed by atoms with E-state index >= 15 is 0 Å². The van der Waals surface area contributed by atoms with Crippen LogP contribution < -0.4 is 10.5 Å². The Morgan fingerprint density at radius 3 is 2.29 bits per heavy atom. The maximum absolute atomic E-state index is 13.6. The van der Waals surface area contributed by atoms with Crippen molar-refractivity contribution in [3.63, 3.8) is 0 Å². The number of rotatable bonds is 5. The number of halogens is 1. The average Bonchev–Trinajstić information content (AvgIpc) is 2.33. The molecule has 0 heterocycles. The van der Waals surface area contributed by atoms with Gasteiger partial charge in [0.2, 0.25) is 0 Å². The zero-order valence-corrected chi connectivity index (χ0v) is 12.8. The van der Waals surface area contributed by atoms with E-state index in [1.54, 1.807) is 0 Å². The molecule has 1 unspecified atom stereocenters. The molecule has 0 saturated heterocycles. The molecule has 112 valence electrons. The Bertz CT molecular complexity index is 602. The van der Waals surface area contributed by atoms with E-state index in [-0.39, 0.29) is 11.9 Å². The van der Waals surface area contributed by atoms with E-state index in [2.05, 4.69) is 32.0 Å². The summed E-state index contributed by atoms with van der Waals surface area (Å²) in [4.78, 5) is 0. The Morgan fingerprint density at radius 2 is 1.67 bits per heavy atom. The molecule has 3 heteroatoms. The van der Waals surface area contributed by atoms with E-state index in [9.17, 15) is 4.39 Å². The minimum absolute atomic E-state index is 0.000859. The molecule has 0 aliphatic carbocycles. The Balaban J connectivity index is 2.10. The van der Waals surface area contributed by atoms with Gasteiger partial charge in [0, 0.05) is 12.1 Å². The minimum atomic E-state index is -0.288. The maximum Gasteiger partial charge on any atom is 0.127 e. The van der Waals surface area contributed by atoms with Crippen molar-refractivity contribution in [1.29, 1.82) is 0 Å². The van der Waals surface area contributed by atoms with E-state index in [1.807, 2.05) is 13.0 Å². The van der Waals surface area contributed by atoms with Gasteiger partial charge in [0.1, 0.15) is 18.2 Å². The summed E-state index contributed by atoms with van der Waals surface area (Å²) in [6, 6.07) is 11.0. The molecule has 21 heavy (non-hydrogen) atoms. The summed E-state index contributed by atoms with van der Waals surface area (Å²) < 4.78 is 19.3. The van der Waals surface area contributed by atoms with Gasteiger partial charge in [0.05, 0.1) is 0 Å². The molecule has 0 aromatic heterocycles. The van der Waals surface area contributed by atoms with Crippen LogP contribution in [0.4, 0.5) is 4.39 Å². The fourth-order valence-corrected chi connectivity index (χ4v) is 2.51. The number of nitrogens with two attached hydrogens (primary N) is 1. The topological polar surface area (TPSA) is 35.2 Å². The lowest BCUT2D eigenvalue weighted by Gasteiger charge is -2.11. The van der Waals surface area contributed by atoms with Crippen LogP contribution in [0.5, 0.6) is 5.75 Å².